The van der Waals surface area contributed by atoms with E-state index in [9.17, 15) is 9.59 Å². The van der Waals surface area contributed by atoms with Crippen LogP contribution in [-0.2, 0) is 20.9 Å². The van der Waals surface area contributed by atoms with Crippen LogP contribution in [0.3, 0.4) is 0 Å². The normalized spacial score (nSPS) is 11.0. The number of fused-ring (bicyclic) bond motifs is 2. The standard InChI is InChI=1S/C18H20N4O3/c1-4-22-18-13(10-12-9-11(2)5-6-14(12)19-18)17(21-22)20-15(23)7-8-16(24)25-3/h5-6,9-10H,4,7-8H2,1-3H3,(H,20,21,23). The van der Waals surface area contributed by atoms with Crippen molar-refractivity contribution in [2.75, 3.05) is 12.4 Å². The molecule has 2 heterocycles. The molecule has 0 aliphatic rings. The summed E-state index contributed by atoms with van der Waals surface area (Å²) in [6, 6.07) is 8.03. The summed E-state index contributed by atoms with van der Waals surface area (Å²) in [5.41, 5.74) is 2.75. The lowest BCUT2D eigenvalue weighted by molar-refractivity contribution is -0.141. The van der Waals surface area contributed by atoms with Gasteiger partial charge in [-0.15, -0.1) is 0 Å². The molecule has 0 bridgehead atoms. The molecule has 1 amide bonds. The van der Waals surface area contributed by atoms with E-state index >= 15 is 0 Å². The zero-order valence-electron chi connectivity index (χ0n) is 14.5. The molecule has 3 rings (SSSR count). The number of hydrogen-bond donors (Lipinski definition) is 1. The predicted octanol–water partition coefficient (Wildman–Crippen LogP) is 2.80. The summed E-state index contributed by atoms with van der Waals surface area (Å²) in [5.74, 6) is -0.234. The van der Waals surface area contributed by atoms with Crippen LogP contribution in [0, 0.1) is 6.92 Å². The van der Waals surface area contributed by atoms with E-state index in [0.717, 1.165) is 27.5 Å². The number of hydrogen-bond acceptors (Lipinski definition) is 5. The minimum Gasteiger partial charge on any atom is -0.469 e. The van der Waals surface area contributed by atoms with Crippen molar-refractivity contribution in [1.82, 2.24) is 14.8 Å². The smallest absolute Gasteiger partial charge is 0.306 e. The molecule has 0 fully saturated rings. The first-order chi connectivity index (χ1) is 12.0. The predicted molar refractivity (Wildman–Crippen MR) is 95.3 cm³/mol. The Morgan fingerprint density at radius 3 is 2.76 bits per heavy atom. The van der Waals surface area contributed by atoms with Gasteiger partial charge in [-0.25, -0.2) is 9.67 Å². The highest BCUT2D eigenvalue weighted by molar-refractivity contribution is 6.03. The van der Waals surface area contributed by atoms with Gasteiger partial charge in [0.1, 0.15) is 0 Å². The number of anilines is 1. The molecular weight excluding hydrogens is 320 g/mol. The van der Waals surface area contributed by atoms with Crippen molar-refractivity contribution in [3.8, 4) is 0 Å². The van der Waals surface area contributed by atoms with Crippen molar-refractivity contribution in [2.45, 2.75) is 33.2 Å². The summed E-state index contributed by atoms with van der Waals surface area (Å²) in [4.78, 5) is 28.0. The molecule has 3 aromatic rings. The van der Waals surface area contributed by atoms with Crippen molar-refractivity contribution in [1.29, 1.82) is 0 Å². The molecule has 0 unspecified atom stereocenters. The molecule has 7 nitrogen and oxygen atoms in total. The molecule has 0 aliphatic heterocycles. The van der Waals surface area contributed by atoms with E-state index in [0.29, 0.717) is 12.4 Å². The summed E-state index contributed by atoms with van der Waals surface area (Å²) in [5, 5.41) is 9.00. The Kier molecular flexibility index (Phi) is 4.65. The van der Waals surface area contributed by atoms with Crippen molar-refractivity contribution >= 4 is 39.6 Å². The number of nitrogens with one attached hydrogen (secondary N) is 1. The molecule has 0 spiro atoms. The van der Waals surface area contributed by atoms with Gasteiger partial charge < -0.3 is 10.1 Å². The van der Waals surface area contributed by atoms with Gasteiger partial charge in [-0.05, 0) is 32.0 Å². The van der Waals surface area contributed by atoms with Gasteiger partial charge in [-0.2, -0.15) is 5.10 Å². The number of rotatable bonds is 5. The van der Waals surface area contributed by atoms with Gasteiger partial charge in [0.25, 0.3) is 0 Å². The molecule has 2 aromatic heterocycles. The Labute approximate surface area is 145 Å². The quantitative estimate of drug-likeness (QED) is 0.722. The summed E-state index contributed by atoms with van der Waals surface area (Å²) in [6.45, 7) is 4.63. The number of carbonyl (C=O) groups excluding carboxylic acids is 2. The second-order valence-electron chi connectivity index (χ2n) is 5.84. The maximum Gasteiger partial charge on any atom is 0.306 e. The van der Waals surface area contributed by atoms with Crippen molar-refractivity contribution in [3.05, 3.63) is 29.8 Å². The highest BCUT2D eigenvalue weighted by atomic mass is 16.5. The van der Waals surface area contributed by atoms with Gasteiger partial charge >= 0.3 is 5.97 Å². The minimum atomic E-state index is -0.415. The highest BCUT2D eigenvalue weighted by Crippen LogP contribution is 2.26. The average Bonchev–Trinajstić information content (AvgIpc) is 2.94. The van der Waals surface area contributed by atoms with Gasteiger partial charge in [-0.3, -0.25) is 9.59 Å². The van der Waals surface area contributed by atoms with Crippen LogP contribution in [0.4, 0.5) is 5.82 Å². The third kappa shape index (κ3) is 3.45. The number of methoxy groups -OCH3 is 1. The number of aryl methyl sites for hydroxylation is 2. The minimum absolute atomic E-state index is 0.0368. The number of benzene rings is 1. The van der Waals surface area contributed by atoms with E-state index in [-0.39, 0.29) is 18.7 Å². The maximum atomic E-state index is 12.1. The molecule has 1 N–H and O–H groups in total. The molecular formula is C18H20N4O3. The summed E-state index contributed by atoms with van der Waals surface area (Å²) < 4.78 is 6.31. The van der Waals surface area contributed by atoms with Crippen molar-refractivity contribution in [3.63, 3.8) is 0 Å². The van der Waals surface area contributed by atoms with E-state index < -0.39 is 5.97 Å². The van der Waals surface area contributed by atoms with E-state index in [1.807, 2.05) is 38.1 Å². The number of amides is 1. The van der Waals surface area contributed by atoms with Crippen LogP contribution in [0.1, 0.15) is 25.3 Å². The zero-order chi connectivity index (χ0) is 18.0. The lowest BCUT2D eigenvalue weighted by Crippen LogP contribution is -2.14. The molecule has 0 saturated heterocycles. The number of pyridine rings is 1. The van der Waals surface area contributed by atoms with Crippen LogP contribution < -0.4 is 5.32 Å². The third-order valence-corrected chi connectivity index (χ3v) is 4.01. The number of ether oxygens (including phenoxy) is 1. The molecule has 0 saturated carbocycles. The van der Waals surface area contributed by atoms with E-state index in [2.05, 4.69) is 20.1 Å². The van der Waals surface area contributed by atoms with Crippen LogP contribution in [0.5, 0.6) is 0 Å². The fourth-order valence-electron chi connectivity index (χ4n) is 2.70. The lowest BCUT2D eigenvalue weighted by Gasteiger charge is -2.03. The van der Waals surface area contributed by atoms with Crippen molar-refractivity contribution < 1.29 is 14.3 Å². The Morgan fingerprint density at radius 1 is 1.24 bits per heavy atom. The second-order valence-corrected chi connectivity index (χ2v) is 5.84. The fourth-order valence-corrected chi connectivity index (χ4v) is 2.70. The number of esters is 1. The number of carbonyl (C=O) groups is 2. The average molecular weight is 340 g/mol. The Morgan fingerprint density at radius 2 is 2.04 bits per heavy atom. The third-order valence-electron chi connectivity index (χ3n) is 4.01. The first kappa shape index (κ1) is 16.9. The van der Waals surface area contributed by atoms with Gasteiger partial charge in [0.2, 0.25) is 5.91 Å². The zero-order valence-corrected chi connectivity index (χ0v) is 14.5. The number of nitrogens with zero attached hydrogens (tertiary/aromatic N) is 3. The van der Waals surface area contributed by atoms with Crippen molar-refractivity contribution in [2.24, 2.45) is 0 Å². The van der Waals surface area contributed by atoms with Gasteiger partial charge in [0.15, 0.2) is 11.5 Å². The SMILES string of the molecule is CCn1nc(NC(=O)CCC(=O)OC)c2cc3cc(C)ccc3nc21. The van der Waals surface area contributed by atoms with Crippen LogP contribution in [0.2, 0.25) is 0 Å². The van der Waals surface area contributed by atoms with Gasteiger partial charge in [0, 0.05) is 18.4 Å². The van der Waals surface area contributed by atoms with Crippen LogP contribution >= 0.6 is 0 Å². The Bertz CT molecular complexity index is 962. The van der Waals surface area contributed by atoms with E-state index in [4.69, 9.17) is 0 Å². The molecule has 130 valence electrons. The Hall–Kier alpha value is -2.96. The molecule has 0 aliphatic carbocycles. The van der Waals surface area contributed by atoms with E-state index in [1.54, 1.807) is 4.68 Å². The van der Waals surface area contributed by atoms with Crippen LogP contribution in [0.25, 0.3) is 21.9 Å². The largest absolute Gasteiger partial charge is 0.469 e. The van der Waals surface area contributed by atoms with E-state index in [1.165, 1.54) is 7.11 Å². The Balaban J connectivity index is 1.97. The maximum absolute atomic E-state index is 12.1. The second kappa shape index (κ2) is 6.88. The highest BCUT2D eigenvalue weighted by Gasteiger charge is 2.15. The molecule has 0 radical (unpaired) electrons. The summed E-state index contributed by atoms with van der Waals surface area (Å²) in [6.07, 6.45) is 0.0857. The molecule has 0 atom stereocenters. The fraction of sp³-hybridized carbons (Fsp3) is 0.333. The number of aromatic nitrogens is 3. The summed E-state index contributed by atoms with van der Waals surface area (Å²) >= 11 is 0. The van der Waals surface area contributed by atoms with Crippen LogP contribution in [0.15, 0.2) is 24.3 Å². The summed E-state index contributed by atoms with van der Waals surface area (Å²) in [7, 11) is 1.30. The first-order valence-corrected chi connectivity index (χ1v) is 8.16. The lowest BCUT2D eigenvalue weighted by atomic mass is 10.1. The monoisotopic (exact) mass is 340 g/mol. The molecule has 7 heteroatoms. The first-order valence-electron chi connectivity index (χ1n) is 8.16. The molecule has 25 heavy (non-hydrogen) atoms. The topological polar surface area (TPSA) is 86.1 Å². The van der Waals surface area contributed by atoms with Gasteiger partial charge in [0.05, 0.1) is 24.4 Å². The molecule has 1 aromatic carbocycles. The van der Waals surface area contributed by atoms with Crippen LogP contribution in [-0.4, -0.2) is 33.8 Å². The van der Waals surface area contributed by atoms with Gasteiger partial charge in [-0.1, -0.05) is 11.6 Å².